The van der Waals surface area contributed by atoms with Gasteiger partial charge in [0.2, 0.25) is 0 Å². The fourth-order valence-corrected chi connectivity index (χ4v) is 2.18. The largest absolute Gasteiger partial charge is 0.326 e. The van der Waals surface area contributed by atoms with Crippen molar-refractivity contribution in [1.82, 2.24) is 4.98 Å². The van der Waals surface area contributed by atoms with Crippen LogP contribution in [-0.4, -0.2) is 4.98 Å². The lowest BCUT2D eigenvalue weighted by Gasteiger charge is -2.21. The first-order chi connectivity index (χ1) is 6.70. The summed E-state index contributed by atoms with van der Waals surface area (Å²) >= 11 is 0. The number of nitrogens with one attached hydrogen (secondary N) is 1. The van der Waals surface area contributed by atoms with E-state index in [1.165, 1.54) is 17.7 Å². The van der Waals surface area contributed by atoms with Crippen molar-refractivity contribution in [3.63, 3.8) is 0 Å². The lowest BCUT2D eigenvalue weighted by Crippen LogP contribution is -2.21. The van der Waals surface area contributed by atoms with Crippen LogP contribution in [0.15, 0.2) is 10.9 Å². The highest BCUT2D eigenvalue weighted by atomic mass is 16.1. The van der Waals surface area contributed by atoms with Gasteiger partial charge < -0.3 is 4.98 Å². The van der Waals surface area contributed by atoms with E-state index >= 15 is 0 Å². The number of pyridine rings is 1. The van der Waals surface area contributed by atoms with E-state index in [4.69, 9.17) is 0 Å². The Morgan fingerprint density at radius 1 is 1.57 bits per heavy atom. The Balaban J connectivity index is 2.46. The predicted molar refractivity (Wildman–Crippen MR) is 57.6 cm³/mol. The molecule has 0 saturated heterocycles. The maximum Gasteiger partial charge on any atom is 0.251 e. The van der Waals surface area contributed by atoms with E-state index in [1.807, 2.05) is 6.92 Å². The van der Waals surface area contributed by atoms with Crippen LogP contribution in [0.3, 0.4) is 0 Å². The molecule has 0 spiro atoms. The average molecular weight is 191 g/mol. The molecule has 0 saturated carbocycles. The molecule has 0 fully saturated rings. The lowest BCUT2D eigenvalue weighted by atomic mass is 9.87. The van der Waals surface area contributed by atoms with E-state index in [0.717, 1.165) is 24.8 Å². The molecule has 14 heavy (non-hydrogen) atoms. The minimum atomic E-state index is 0.111. The fourth-order valence-electron chi connectivity index (χ4n) is 2.18. The highest BCUT2D eigenvalue weighted by Crippen LogP contribution is 2.23. The molecular formula is C12H17NO. The van der Waals surface area contributed by atoms with Crippen molar-refractivity contribution in [3.05, 3.63) is 33.2 Å². The predicted octanol–water partition coefficient (Wildman–Crippen LogP) is 2.06. The molecule has 1 aliphatic carbocycles. The zero-order valence-corrected chi connectivity index (χ0v) is 8.89. The molecule has 76 valence electrons. The van der Waals surface area contributed by atoms with E-state index in [2.05, 4.69) is 18.0 Å². The molecule has 0 radical (unpaired) electrons. The zero-order chi connectivity index (χ0) is 10.1. The van der Waals surface area contributed by atoms with Crippen LogP contribution < -0.4 is 5.56 Å². The van der Waals surface area contributed by atoms with Crippen LogP contribution in [0.5, 0.6) is 0 Å². The van der Waals surface area contributed by atoms with E-state index in [0.29, 0.717) is 5.92 Å². The monoisotopic (exact) mass is 191 g/mol. The molecule has 2 rings (SSSR count). The van der Waals surface area contributed by atoms with Gasteiger partial charge in [-0.2, -0.15) is 0 Å². The van der Waals surface area contributed by atoms with Crippen LogP contribution >= 0.6 is 0 Å². The molecule has 1 atom stereocenters. The van der Waals surface area contributed by atoms with Gasteiger partial charge in [0.1, 0.15) is 0 Å². The Morgan fingerprint density at radius 3 is 3.07 bits per heavy atom. The summed E-state index contributed by atoms with van der Waals surface area (Å²) in [5, 5.41) is 0. The molecule has 0 aliphatic heterocycles. The number of rotatable bonds is 1. The van der Waals surface area contributed by atoms with Crippen molar-refractivity contribution < 1.29 is 0 Å². The summed E-state index contributed by atoms with van der Waals surface area (Å²) in [5.41, 5.74) is 3.57. The number of aromatic amines is 1. The molecule has 0 amide bonds. The number of aryl methyl sites for hydroxylation is 2. The van der Waals surface area contributed by atoms with E-state index < -0.39 is 0 Å². The molecule has 1 aromatic heterocycles. The first-order valence-corrected chi connectivity index (χ1v) is 5.44. The van der Waals surface area contributed by atoms with Gasteiger partial charge >= 0.3 is 0 Å². The molecule has 0 bridgehead atoms. The van der Waals surface area contributed by atoms with Crippen LogP contribution in [0.1, 0.15) is 37.1 Å². The van der Waals surface area contributed by atoms with Crippen molar-refractivity contribution >= 4 is 0 Å². The first-order valence-electron chi connectivity index (χ1n) is 5.44. The van der Waals surface area contributed by atoms with Crippen molar-refractivity contribution in [2.24, 2.45) is 5.92 Å². The van der Waals surface area contributed by atoms with Gasteiger partial charge in [0.15, 0.2) is 0 Å². The zero-order valence-electron chi connectivity index (χ0n) is 8.89. The second-order valence-corrected chi connectivity index (χ2v) is 4.33. The number of hydrogen-bond donors (Lipinski definition) is 1. The quantitative estimate of drug-likeness (QED) is 0.724. The van der Waals surface area contributed by atoms with Gasteiger partial charge in [-0.1, -0.05) is 13.8 Å². The number of fused-ring (bicyclic) bond motifs is 1. The van der Waals surface area contributed by atoms with Gasteiger partial charge in [0, 0.05) is 11.3 Å². The molecule has 1 N–H and O–H groups in total. The van der Waals surface area contributed by atoms with Crippen molar-refractivity contribution in [2.45, 2.75) is 39.5 Å². The summed E-state index contributed by atoms with van der Waals surface area (Å²) < 4.78 is 0. The van der Waals surface area contributed by atoms with Gasteiger partial charge in [-0.3, -0.25) is 4.79 Å². The smallest absolute Gasteiger partial charge is 0.251 e. The third-order valence-corrected chi connectivity index (χ3v) is 3.13. The van der Waals surface area contributed by atoms with Crippen LogP contribution in [-0.2, 0) is 19.3 Å². The SMILES string of the molecule is CCc1cc2c([nH]c1=O)CC(C)CC2. The molecule has 2 heteroatoms. The minimum absolute atomic E-state index is 0.111. The Labute approximate surface area is 84.4 Å². The molecule has 1 heterocycles. The van der Waals surface area contributed by atoms with Crippen LogP contribution in [0.25, 0.3) is 0 Å². The Morgan fingerprint density at radius 2 is 2.36 bits per heavy atom. The summed E-state index contributed by atoms with van der Waals surface area (Å²) in [6.45, 7) is 4.28. The minimum Gasteiger partial charge on any atom is -0.326 e. The highest BCUT2D eigenvalue weighted by molar-refractivity contribution is 5.27. The van der Waals surface area contributed by atoms with Crippen LogP contribution in [0.2, 0.25) is 0 Å². The fraction of sp³-hybridized carbons (Fsp3) is 0.583. The first kappa shape index (κ1) is 9.50. The summed E-state index contributed by atoms with van der Waals surface area (Å²) in [7, 11) is 0. The van der Waals surface area contributed by atoms with Gasteiger partial charge in [0.05, 0.1) is 0 Å². The summed E-state index contributed by atoms with van der Waals surface area (Å²) in [6, 6.07) is 2.10. The highest BCUT2D eigenvalue weighted by Gasteiger charge is 2.16. The van der Waals surface area contributed by atoms with Gasteiger partial charge in [-0.05, 0) is 43.2 Å². The van der Waals surface area contributed by atoms with E-state index in [1.54, 1.807) is 0 Å². The molecule has 1 aromatic rings. The summed E-state index contributed by atoms with van der Waals surface area (Å²) in [6.07, 6.45) is 4.25. The molecule has 1 unspecified atom stereocenters. The summed E-state index contributed by atoms with van der Waals surface area (Å²) in [4.78, 5) is 14.6. The Kier molecular flexibility index (Phi) is 2.44. The van der Waals surface area contributed by atoms with Gasteiger partial charge in [-0.15, -0.1) is 0 Å². The van der Waals surface area contributed by atoms with E-state index in [-0.39, 0.29) is 5.56 Å². The number of H-pyrrole nitrogens is 1. The second kappa shape index (κ2) is 3.60. The molecular weight excluding hydrogens is 174 g/mol. The second-order valence-electron chi connectivity index (χ2n) is 4.33. The van der Waals surface area contributed by atoms with Gasteiger partial charge in [-0.25, -0.2) is 0 Å². The van der Waals surface area contributed by atoms with Gasteiger partial charge in [0.25, 0.3) is 5.56 Å². The molecule has 2 nitrogen and oxygen atoms in total. The number of aromatic nitrogens is 1. The lowest BCUT2D eigenvalue weighted by molar-refractivity contribution is 0.490. The molecule has 1 aliphatic rings. The van der Waals surface area contributed by atoms with Crippen molar-refractivity contribution in [3.8, 4) is 0 Å². The maximum absolute atomic E-state index is 11.6. The molecule has 0 aromatic carbocycles. The third-order valence-electron chi connectivity index (χ3n) is 3.13. The number of hydrogen-bond acceptors (Lipinski definition) is 1. The standard InChI is InChI=1S/C12H17NO/c1-3-9-7-10-5-4-8(2)6-11(10)13-12(9)14/h7-8H,3-6H2,1-2H3,(H,13,14). The van der Waals surface area contributed by atoms with Crippen LogP contribution in [0, 0.1) is 5.92 Å². The third kappa shape index (κ3) is 1.61. The van der Waals surface area contributed by atoms with Crippen LogP contribution in [0.4, 0.5) is 0 Å². The topological polar surface area (TPSA) is 32.9 Å². The van der Waals surface area contributed by atoms with Crippen molar-refractivity contribution in [1.29, 1.82) is 0 Å². The normalized spacial score (nSPS) is 20.6. The van der Waals surface area contributed by atoms with Crippen molar-refractivity contribution in [2.75, 3.05) is 0 Å². The van der Waals surface area contributed by atoms with E-state index in [9.17, 15) is 4.79 Å². The average Bonchev–Trinajstić information content (AvgIpc) is 2.16. The maximum atomic E-state index is 11.6. The Bertz CT molecular complexity index is 392. The Hall–Kier alpha value is -1.05. The summed E-state index contributed by atoms with van der Waals surface area (Å²) in [5.74, 6) is 0.714.